The van der Waals surface area contributed by atoms with Crippen molar-refractivity contribution in [3.05, 3.63) is 52.0 Å². The zero-order chi connectivity index (χ0) is 15.8. The summed E-state index contributed by atoms with van der Waals surface area (Å²) < 4.78 is 0. The van der Waals surface area contributed by atoms with E-state index in [0.717, 1.165) is 15.4 Å². The molecule has 5 nitrogen and oxygen atoms in total. The molecule has 1 aromatic heterocycles. The summed E-state index contributed by atoms with van der Waals surface area (Å²) in [4.78, 5) is 17.4. The highest BCUT2D eigenvalue weighted by molar-refractivity contribution is 7.11. The second kappa shape index (κ2) is 8.51. The van der Waals surface area contributed by atoms with Crippen molar-refractivity contribution in [1.82, 2.24) is 15.6 Å². The number of aromatic nitrogens is 1. The first-order valence-electron chi connectivity index (χ1n) is 7.30. The van der Waals surface area contributed by atoms with E-state index in [9.17, 15) is 4.79 Å². The standard InChI is InChI=1S/C16H21N3O2S/c1-12-10-17-15(22-12)11-18-16(21)19-14(8-5-9-20)13-6-3-2-4-7-13/h2-4,6-7,10,14,20H,5,8-9,11H2,1H3,(H2,18,19,21). The number of nitrogens with zero attached hydrogens (tertiary/aromatic N) is 1. The minimum Gasteiger partial charge on any atom is -0.396 e. The number of aliphatic hydroxyl groups excluding tert-OH is 1. The molecular weight excluding hydrogens is 298 g/mol. The molecule has 2 amide bonds. The van der Waals surface area contributed by atoms with Gasteiger partial charge in [-0.2, -0.15) is 0 Å². The number of aryl methyl sites for hydroxylation is 1. The smallest absolute Gasteiger partial charge is 0.315 e. The van der Waals surface area contributed by atoms with Crippen LogP contribution in [0.5, 0.6) is 0 Å². The lowest BCUT2D eigenvalue weighted by atomic mass is 10.0. The lowest BCUT2D eigenvalue weighted by Gasteiger charge is -2.19. The molecule has 1 heterocycles. The average Bonchev–Trinajstić information content (AvgIpc) is 2.96. The fourth-order valence-corrected chi connectivity index (χ4v) is 2.88. The van der Waals surface area contributed by atoms with Crippen molar-refractivity contribution in [2.45, 2.75) is 32.4 Å². The number of rotatable bonds is 7. The highest BCUT2D eigenvalue weighted by Crippen LogP contribution is 2.18. The predicted octanol–water partition coefficient (Wildman–Crippen LogP) is 2.76. The van der Waals surface area contributed by atoms with Crippen molar-refractivity contribution in [3.8, 4) is 0 Å². The van der Waals surface area contributed by atoms with Crippen molar-refractivity contribution in [2.24, 2.45) is 0 Å². The summed E-state index contributed by atoms with van der Waals surface area (Å²) in [5, 5.41) is 15.7. The Morgan fingerprint density at radius 2 is 2.14 bits per heavy atom. The minimum atomic E-state index is -0.223. The quantitative estimate of drug-likeness (QED) is 0.734. The van der Waals surface area contributed by atoms with Gasteiger partial charge in [0.25, 0.3) is 0 Å². The summed E-state index contributed by atoms with van der Waals surface area (Å²) in [5.74, 6) is 0. The number of carbonyl (C=O) groups excluding carboxylic acids is 1. The Morgan fingerprint density at radius 1 is 1.36 bits per heavy atom. The van der Waals surface area contributed by atoms with Gasteiger partial charge in [0.2, 0.25) is 0 Å². The maximum absolute atomic E-state index is 12.1. The minimum absolute atomic E-state index is 0.105. The van der Waals surface area contributed by atoms with E-state index in [2.05, 4.69) is 15.6 Å². The molecule has 2 rings (SSSR count). The Hall–Kier alpha value is -1.92. The van der Waals surface area contributed by atoms with E-state index < -0.39 is 0 Å². The summed E-state index contributed by atoms with van der Waals surface area (Å²) >= 11 is 1.57. The lowest BCUT2D eigenvalue weighted by molar-refractivity contribution is 0.232. The second-order valence-electron chi connectivity index (χ2n) is 5.02. The van der Waals surface area contributed by atoms with E-state index in [-0.39, 0.29) is 18.7 Å². The molecule has 0 spiro atoms. The summed E-state index contributed by atoms with van der Waals surface area (Å²) in [6.45, 7) is 2.53. The monoisotopic (exact) mass is 319 g/mol. The molecular formula is C16H21N3O2S. The Morgan fingerprint density at radius 3 is 2.77 bits per heavy atom. The van der Waals surface area contributed by atoms with Gasteiger partial charge >= 0.3 is 6.03 Å². The zero-order valence-corrected chi connectivity index (χ0v) is 13.4. The predicted molar refractivity (Wildman–Crippen MR) is 87.7 cm³/mol. The van der Waals surface area contributed by atoms with E-state index in [1.54, 1.807) is 17.5 Å². The topological polar surface area (TPSA) is 74.2 Å². The van der Waals surface area contributed by atoms with Crippen LogP contribution in [0.4, 0.5) is 4.79 Å². The molecule has 1 unspecified atom stereocenters. The number of carbonyl (C=O) groups is 1. The molecule has 0 fully saturated rings. The second-order valence-corrected chi connectivity index (χ2v) is 6.34. The fraction of sp³-hybridized carbons (Fsp3) is 0.375. The molecule has 118 valence electrons. The van der Waals surface area contributed by atoms with Crippen molar-refractivity contribution in [1.29, 1.82) is 0 Å². The lowest BCUT2D eigenvalue weighted by Crippen LogP contribution is -2.37. The van der Waals surface area contributed by atoms with Gasteiger partial charge < -0.3 is 15.7 Å². The van der Waals surface area contributed by atoms with Crippen LogP contribution in [-0.4, -0.2) is 22.7 Å². The Labute approximate surface area is 134 Å². The molecule has 0 saturated carbocycles. The summed E-state index contributed by atoms with van der Waals surface area (Å²) in [7, 11) is 0. The molecule has 0 bridgehead atoms. The molecule has 22 heavy (non-hydrogen) atoms. The van der Waals surface area contributed by atoms with Crippen LogP contribution in [0.25, 0.3) is 0 Å². The number of urea groups is 1. The average molecular weight is 319 g/mol. The van der Waals surface area contributed by atoms with Gasteiger partial charge in [0.15, 0.2) is 0 Å². The molecule has 0 saturated heterocycles. The summed E-state index contributed by atoms with van der Waals surface area (Å²) in [6, 6.07) is 9.46. The van der Waals surface area contributed by atoms with Crippen LogP contribution < -0.4 is 10.6 Å². The van der Waals surface area contributed by atoms with Crippen molar-refractivity contribution in [3.63, 3.8) is 0 Å². The van der Waals surface area contributed by atoms with E-state index in [0.29, 0.717) is 19.4 Å². The van der Waals surface area contributed by atoms with Crippen LogP contribution >= 0.6 is 11.3 Å². The largest absolute Gasteiger partial charge is 0.396 e. The normalized spacial score (nSPS) is 11.9. The third-order valence-electron chi connectivity index (χ3n) is 3.23. The molecule has 2 aromatic rings. The number of amides is 2. The van der Waals surface area contributed by atoms with Gasteiger partial charge in [0, 0.05) is 17.7 Å². The first-order chi connectivity index (χ1) is 10.7. The molecule has 0 aliphatic carbocycles. The van der Waals surface area contributed by atoms with Crippen molar-refractivity contribution in [2.75, 3.05) is 6.61 Å². The highest BCUT2D eigenvalue weighted by atomic mass is 32.1. The van der Waals surface area contributed by atoms with Crippen molar-refractivity contribution >= 4 is 17.4 Å². The molecule has 0 aliphatic heterocycles. The van der Waals surface area contributed by atoms with Gasteiger partial charge in [0.1, 0.15) is 5.01 Å². The van der Waals surface area contributed by atoms with E-state index in [4.69, 9.17) is 5.11 Å². The Kier molecular flexibility index (Phi) is 6.36. The SMILES string of the molecule is Cc1cnc(CNC(=O)NC(CCCO)c2ccccc2)s1. The molecule has 0 radical (unpaired) electrons. The summed E-state index contributed by atoms with van der Waals surface area (Å²) in [5.41, 5.74) is 1.04. The number of benzene rings is 1. The molecule has 1 aromatic carbocycles. The van der Waals surface area contributed by atoms with Crippen LogP contribution in [0.1, 0.15) is 34.3 Å². The Bertz CT molecular complexity index is 586. The number of hydrogen-bond acceptors (Lipinski definition) is 4. The van der Waals surface area contributed by atoms with Crippen LogP contribution in [0.3, 0.4) is 0 Å². The van der Waals surface area contributed by atoms with E-state index in [1.807, 2.05) is 37.3 Å². The van der Waals surface area contributed by atoms with Crippen LogP contribution in [-0.2, 0) is 6.54 Å². The maximum atomic E-state index is 12.1. The maximum Gasteiger partial charge on any atom is 0.315 e. The fourth-order valence-electron chi connectivity index (χ4n) is 2.15. The number of aliphatic hydroxyl groups is 1. The van der Waals surface area contributed by atoms with Crippen molar-refractivity contribution < 1.29 is 9.90 Å². The highest BCUT2D eigenvalue weighted by Gasteiger charge is 2.14. The van der Waals surface area contributed by atoms with Gasteiger partial charge in [-0.05, 0) is 25.3 Å². The first kappa shape index (κ1) is 16.5. The third-order valence-corrected chi connectivity index (χ3v) is 4.14. The molecule has 1 atom stereocenters. The van der Waals surface area contributed by atoms with E-state index >= 15 is 0 Å². The third kappa shape index (κ3) is 5.13. The first-order valence-corrected chi connectivity index (χ1v) is 8.12. The van der Waals surface area contributed by atoms with Gasteiger partial charge in [-0.25, -0.2) is 9.78 Å². The molecule has 6 heteroatoms. The van der Waals surface area contributed by atoms with E-state index in [1.165, 1.54) is 0 Å². The van der Waals surface area contributed by atoms with Gasteiger partial charge in [-0.15, -0.1) is 11.3 Å². The van der Waals surface area contributed by atoms with Crippen LogP contribution in [0, 0.1) is 6.92 Å². The molecule has 3 N–H and O–H groups in total. The molecule has 0 aliphatic rings. The number of nitrogens with one attached hydrogen (secondary N) is 2. The van der Waals surface area contributed by atoms with Crippen LogP contribution in [0.2, 0.25) is 0 Å². The van der Waals surface area contributed by atoms with Crippen LogP contribution in [0.15, 0.2) is 36.5 Å². The number of thiazole rings is 1. The zero-order valence-electron chi connectivity index (χ0n) is 12.6. The Balaban J connectivity index is 1.90. The van der Waals surface area contributed by atoms with Gasteiger partial charge in [-0.1, -0.05) is 30.3 Å². The van der Waals surface area contributed by atoms with Gasteiger partial charge in [0.05, 0.1) is 12.6 Å². The van der Waals surface area contributed by atoms with Gasteiger partial charge in [-0.3, -0.25) is 0 Å². The summed E-state index contributed by atoms with van der Waals surface area (Å²) in [6.07, 6.45) is 3.14. The number of hydrogen-bond donors (Lipinski definition) is 3.